The van der Waals surface area contributed by atoms with E-state index in [9.17, 15) is 22.0 Å². The monoisotopic (exact) mass is 308 g/mol. The van der Waals surface area contributed by atoms with E-state index in [4.69, 9.17) is 0 Å². The first kappa shape index (κ1) is 18.5. The number of halogens is 5. The van der Waals surface area contributed by atoms with E-state index in [1.54, 1.807) is 20.8 Å². The van der Waals surface area contributed by atoms with Crippen LogP contribution in [0.5, 0.6) is 0 Å². The lowest BCUT2D eigenvalue weighted by molar-refractivity contribution is -0.361. The van der Waals surface area contributed by atoms with Gasteiger partial charge in [0.1, 0.15) is 0 Å². The second-order valence-electron chi connectivity index (χ2n) is 3.44. The number of hydrogen-bond acceptors (Lipinski definition) is 3. The zero-order valence-corrected chi connectivity index (χ0v) is 11.9. The highest BCUT2D eigenvalue weighted by Gasteiger charge is 2.61. The van der Waals surface area contributed by atoms with Crippen molar-refractivity contribution >= 4 is 8.45 Å². The third kappa shape index (κ3) is 4.85. The summed E-state index contributed by atoms with van der Waals surface area (Å²) in [5, 5.41) is 0. The van der Waals surface area contributed by atoms with Crippen LogP contribution in [0.3, 0.4) is 0 Å². The molecular formula is C10H18F5N2OP. The Morgan fingerprint density at radius 1 is 1.05 bits per heavy atom. The van der Waals surface area contributed by atoms with Gasteiger partial charge in [0.15, 0.2) is 0 Å². The molecule has 1 atom stereocenters. The highest BCUT2D eigenvalue weighted by Crippen LogP contribution is 2.53. The minimum Gasteiger partial charge on any atom is -0.324 e. The quantitative estimate of drug-likeness (QED) is 0.494. The Balaban J connectivity index is 5.21. The highest BCUT2D eigenvalue weighted by atomic mass is 31.2. The van der Waals surface area contributed by atoms with Crippen LogP contribution < -0.4 is 0 Å². The van der Waals surface area contributed by atoms with Gasteiger partial charge in [-0.25, -0.2) is 4.67 Å². The van der Waals surface area contributed by atoms with Crippen LogP contribution in [0, 0.1) is 0 Å². The molecule has 0 saturated carbocycles. The molecule has 9 heteroatoms. The van der Waals surface area contributed by atoms with Crippen LogP contribution in [0.2, 0.25) is 0 Å². The minimum atomic E-state index is -5.73. The van der Waals surface area contributed by atoms with Crippen LogP contribution in [-0.2, 0) is 4.52 Å². The van der Waals surface area contributed by atoms with E-state index in [0.29, 0.717) is 13.1 Å². The third-order valence-electron chi connectivity index (χ3n) is 2.25. The Hall–Kier alpha value is -0.460. The molecular weight excluding hydrogens is 290 g/mol. The molecule has 0 aromatic rings. The van der Waals surface area contributed by atoms with E-state index in [1.807, 2.05) is 0 Å². The van der Waals surface area contributed by atoms with E-state index in [-0.39, 0.29) is 6.54 Å². The second-order valence-corrected chi connectivity index (χ2v) is 5.20. The zero-order chi connectivity index (χ0) is 15.3. The van der Waals surface area contributed by atoms with Crippen molar-refractivity contribution < 1.29 is 26.5 Å². The van der Waals surface area contributed by atoms with Gasteiger partial charge in [-0.2, -0.15) is 22.0 Å². The largest absolute Gasteiger partial charge is 0.483 e. The maximum Gasteiger partial charge on any atom is 0.483 e. The summed E-state index contributed by atoms with van der Waals surface area (Å²) in [7, 11) is -2.26. The summed E-state index contributed by atoms with van der Waals surface area (Å²) < 4.78 is 69.4. The fourth-order valence-electron chi connectivity index (χ4n) is 1.21. The van der Waals surface area contributed by atoms with Crippen molar-refractivity contribution in [3.05, 3.63) is 12.8 Å². The molecule has 0 fully saturated rings. The van der Waals surface area contributed by atoms with Gasteiger partial charge in [0.05, 0.1) is 0 Å². The van der Waals surface area contributed by atoms with Gasteiger partial charge in [0.25, 0.3) is 0 Å². The fraction of sp³-hybridized carbons (Fsp3) is 0.800. The summed E-state index contributed by atoms with van der Waals surface area (Å²) in [6, 6.07) is 0. The summed E-state index contributed by atoms with van der Waals surface area (Å²) in [5.74, 6) is 0. The van der Waals surface area contributed by atoms with Crippen molar-refractivity contribution in [3.8, 4) is 0 Å². The van der Waals surface area contributed by atoms with E-state index in [0.717, 1.165) is 0 Å². The molecule has 0 bridgehead atoms. The topological polar surface area (TPSA) is 15.7 Å². The predicted octanol–water partition coefficient (Wildman–Crippen LogP) is 4.19. The van der Waals surface area contributed by atoms with Crippen molar-refractivity contribution in [1.29, 1.82) is 0 Å². The molecule has 0 heterocycles. The molecule has 0 amide bonds. The standard InChI is InChI=1S/C10H18F5N2OP/c1-5-16(6-2)19(17(7-3)8-4)18-10(14,15)9(11,12)13/h5H,1,6-8H2,2-4H3. The van der Waals surface area contributed by atoms with Gasteiger partial charge in [-0.05, 0) is 13.1 Å². The van der Waals surface area contributed by atoms with Gasteiger partial charge in [-0.15, -0.1) is 0 Å². The maximum absolute atomic E-state index is 13.0. The van der Waals surface area contributed by atoms with Crippen molar-refractivity contribution in [2.24, 2.45) is 0 Å². The molecule has 1 unspecified atom stereocenters. The van der Waals surface area contributed by atoms with Crippen molar-refractivity contribution in [2.45, 2.75) is 33.1 Å². The van der Waals surface area contributed by atoms with Gasteiger partial charge in [0.2, 0.25) is 8.45 Å². The molecule has 0 aromatic heterocycles. The molecule has 0 saturated heterocycles. The molecule has 19 heavy (non-hydrogen) atoms. The van der Waals surface area contributed by atoms with Gasteiger partial charge in [-0.1, -0.05) is 20.4 Å². The Bertz CT molecular complexity index is 284. The Morgan fingerprint density at radius 2 is 1.53 bits per heavy atom. The average molecular weight is 308 g/mol. The predicted molar refractivity (Wildman–Crippen MR) is 64.5 cm³/mol. The third-order valence-corrected chi connectivity index (χ3v) is 4.58. The molecule has 3 nitrogen and oxygen atoms in total. The SMILES string of the molecule is C=CN(CC)P(OC(F)(F)C(F)(F)F)N(CC)CC. The number of hydrogen-bond donors (Lipinski definition) is 0. The molecule has 0 aliphatic rings. The molecule has 114 valence electrons. The summed E-state index contributed by atoms with van der Waals surface area (Å²) >= 11 is 0. The van der Waals surface area contributed by atoms with Crippen LogP contribution in [0.15, 0.2) is 12.8 Å². The Morgan fingerprint density at radius 3 is 1.79 bits per heavy atom. The summed E-state index contributed by atoms with van der Waals surface area (Å²) in [5.41, 5.74) is 0. The van der Waals surface area contributed by atoms with Crippen molar-refractivity contribution in [1.82, 2.24) is 9.34 Å². The van der Waals surface area contributed by atoms with Crippen LogP contribution >= 0.6 is 8.45 Å². The molecule has 0 rings (SSSR count). The summed E-state index contributed by atoms with van der Waals surface area (Å²) in [6.45, 7) is 9.15. The lowest BCUT2D eigenvalue weighted by atomic mass is 10.6. The molecule has 0 N–H and O–H groups in total. The van der Waals surface area contributed by atoms with E-state index < -0.39 is 20.7 Å². The normalized spacial score (nSPS) is 14.6. The van der Waals surface area contributed by atoms with E-state index in [1.165, 1.54) is 15.5 Å². The van der Waals surface area contributed by atoms with Gasteiger partial charge < -0.3 is 4.67 Å². The van der Waals surface area contributed by atoms with Crippen molar-refractivity contribution in [3.63, 3.8) is 0 Å². The van der Waals surface area contributed by atoms with Gasteiger partial charge >= 0.3 is 12.3 Å². The van der Waals surface area contributed by atoms with Crippen LogP contribution in [-0.4, -0.2) is 41.3 Å². The highest BCUT2D eigenvalue weighted by molar-refractivity contribution is 7.47. The van der Waals surface area contributed by atoms with Crippen molar-refractivity contribution in [2.75, 3.05) is 19.6 Å². The van der Waals surface area contributed by atoms with Crippen LogP contribution in [0.1, 0.15) is 20.8 Å². The first-order valence-corrected chi connectivity index (χ1v) is 6.88. The summed E-state index contributed by atoms with van der Waals surface area (Å²) in [6.07, 6.45) is -9.71. The first-order valence-electron chi connectivity index (χ1n) is 5.72. The van der Waals surface area contributed by atoms with E-state index >= 15 is 0 Å². The zero-order valence-electron chi connectivity index (χ0n) is 11.0. The van der Waals surface area contributed by atoms with Gasteiger partial charge in [0, 0.05) is 19.6 Å². The Labute approximate surface area is 110 Å². The lowest BCUT2D eigenvalue weighted by Crippen LogP contribution is -2.41. The number of rotatable bonds is 8. The van der Waals surface area contributed by atoms with E-state index in [2.05, 4.69) is 11.1 Å². The molecule has 0 radical (unpaired) electrons. The summed E-state index contributed by atoms with van der Waals surface area (Å²) in [4.78, 5) is 0. The smallest absolute Gasteiger partial charge is 0.324 e. The molecule has 0 aliphatic carbocycles. The molecule has 0 aromatic carbocycles. The Kier molecular flexibility index (Phi) is 7.18. The van der Waals surface area contributed by atoms with Crippen LogP contribution in [0.4, 0.5) is 22.0 Å². The maximum atomic E-state index is 13.0. The lowest BCUT2D eigenvalue weighted by Gasteiger charge is -2.37. The second kappa shape index (κ2) is 7.36. The van der Waals surface area contributed by atoms with Crippen LogP contribution in [0.25, 0.3) is 0 Å². The number of nitrogens with zero attached hydrogens (tertiary/aromatic N) is 2. The minimum absolute atomic E-state index is 0.222. The van der Waals surface area contributed by atoms with Gasteiger partial charge in [-0.3, -0.25) is 4.52 Å². The first-order chi connectivity index (χ1) is 8.64. The fourth-order valence-corrected chi connectivity index (χ4v) is 2.93. The average Bonchev–Trinajstić information content (AvgIpc) is 2.30. The molecule has 0 aliphatic heterocycles. The molecule has 0 spiro atoms. The number of alkyl halides is 5.